The Morgan fingerprint density at radius 2 is 1.88 bits per heavy atom. The van der Waals surface area contributed by atoms with E-state index < -0.39 is 28.3 Å². The Bertz CT molecular complexity index is 741. The van der Waals surface area contributed by atoms with Gasteiger partial charge in [-0.3, -0.25) is 4.79 Å². The van der Waals surface area contributed by atoms with Gasteiger partial charge in [-0.25, -0.2) is 13.2 Å². The van der Waals surface area contributed by atoms with E-state index in [9.17, 15) is 18.0 Å². The van der Waals surface area contributed by atoms with Crippen molar-refractivity contribution in [3.8, 4) is 0 Å². The Balaban J connectivity index is 1.83. The van der Waals surface area contributed by atoms with Gasteiger partial charge in [0.25, 0.3) is 5.91 Å². The van der Waals surface area contributed by atoms with Crippen molar-refractivity contribution in [2.24, 2.45) is 0 Å². The molecule has 1 fully saturated rings. The zero-order chi connectivity index (χ0) is 19.3. The van der Waals surface area contributed by atoms with Crippen LogP contribution in [0.15, 0.2) is 24.3 Å². The average Bonchev–Trinajstić information content (AvgIpc) is 2.97. The van der Waals surface area contributed by atoms with Gasteiger partial charge in [0.05, 0.1) is 29.8 Å². The van der Waals surface area contributed by atoms with Crippen molar-refractivity contribution in [1.82, 2.24) is 4.90 Å². The van der Waals surface area contributed by atoms with E-state index in [1.165, 1.54) is 11.9 Å². The van der Waals surface area contributed by atoms with Gasteiger partial charge in [0.15, 0.2) is 16.4 Å². The summed E-state index contributed by atoms with van der Waals surface area (Å²) in [6, 6.07) is 6.44. The summed E-state index contributed by atoms with van der Waals surface area (Å²) in [5, 5.41) is 0. The summed E-state index contributed by atoms with van der Waals surface area (Å²) in [5.74, 6) is -0.963. The highest BCUT2D eigenvalue weighted by atomic mass is 32.2. The van der Waals surface area contributed by atoms with Gasteiger partial charge in [-0.15, -0.1) is 0 Å². The minimum absolute atomic E-state index is 0.0386. The number of likely N-dealkylation sites (N-methyl/N-ethyl adjacent to an activating group) is 1. The highest BCUT2D eigenvalue weighted by Gasteiger charge is 2.32. The number of carbonyl (C=O) groups is 2. The van der Waals surface area contributed by atoms with Gasteiger partial charge in [-0.05, 0) is 38.0 Å². The summed E-state index contributed by atoms with van der Waals surface area (Å²) >= 11 is 0. The molecule has 1 heterocycles. The first kappa shape index (κ1) is 20.4. The van der Waals surface area contributed by atoms with Crippen LogP contribution in [0, 0.1) is 0 Å². The van der Waals surface area contributed by atoms with Crippen LogP contribution in [0.1, 0.15) is 36.2 Å². The summed E-state index contributed by atoms with van der Waals surface area (Å²) in [6.45, 7) is 3.94. The Morgan fingerprint density at radius 1 is 1.23 bits per heavy atom. The minimum atomic E-state index is -3.07. The topological polar surface area (TPSA) is 90.0 Å². The van der Waals surface area contributed by atoms with Gasteiger partial charge in [0.1, 0.15) is 0 Å². The molecule has 1 aliphatic rings. The van der Waals surface area contributed by atoms with E-state index >= 15 is 0 Å². The Morgan fingerprint density at radius 3 is 2.42 bits per heavy atom. The van der Waals surface area contributed by atoms with Crippen LogP contribution >= 0.6 is 0 Å². The first-order valence-corrected chi connectivity index (χ1v) is 10.3. The fraction of sp³-hybridized carbons (Fsp3) is 0.556. The molecule has 144 valence electrons. The SMILES string of the molecule is CC(C)OCc1ccc(C(=O)OCC(=O)N(C)[C@@H]2CCS(=O)(=O)C2)cc1. The molecule has 2 rings (SSSR count). The van der Waals surface area contributed by atoms with Crippen molar-refractivity contribution in [2.75, 3.05) is 25.2 Å². The van der Waals surface area contributed by atoms with Crippen LogP contribution in [0.5, 0.6) is 0 Å². The molecule has 0 bridgehead atoms. The molecule has 0 aliphatic carbocycles. The molecule has 1 aliphatic heterocycles. The molecule has 1 aromatic rings. The number of amides is 1. The highest BCUT2D eigenvalue weighted by Crippen LogP contribution is 2.16. The molecular weight excluding hydrogens is 358 g/mol. The van der Waals surface area contributed by atoms with Crippen molar-refractivity contribution < 1.29 is 27.5 Å². The number of hydrogen-bond acceptors (Lipinski definition) is 6. The number of benzene rings is 1. The van der Waals surface area contributed by atoms with E-state index in [0.717, 1.165) is 5.56 Å². The Kier molecular flexibility index (Phi) is 6.77. The van der Waals surface area contributed by atoms with E-state index in [-0.39, 0.29) is 23.7 Å². The maximum atomic E-state index is 12.1. The van der Waals surface area contributed by atoms with Crippen molar-refractivity contribution in [2.45, 2.75) is 39.0 Å². The standard InChI is InChI=1S/C18H25NO6S/c1-13(2)24-10-14-4-6-15(7-5-14)18(21)25-11-17(20)19(3)16-8-9-26(22,23)12-16/h4-7,13,16H,8-12H2,1-3H3/t16-/m1/s1. The third-order valence-corrected chi connectivity index (χ3v) is 6.00. The lowest BCUT2D eigenvalue weighted by Crippen LogP contribution is -2.40. The van der Waals surface area contributed by atoms with Gasteiger partial charge in [0, 0.05) is 13.1 Å². The molecule has 8 heteroatoms. The second-order valence-electron chi connectivity index (χ2n) is 6.69. The average molecular weight is 383 g/mol. The smallest absolute Gasteiger partial charge is 0.338 e. The number of nitrogens with zero attached hydrogens (tertiary/aromatic N) is 1. The second kappa shape index (κ2) is 8.64. The molecule has 0 N–H and O–H groups in total. The molecule has 0 radical (unpaired) electrons. The third-order valence-electron chi connectivity index (χ3n) is 4.25. The van der Waals surface area contributed by atoms with Crippen molar-refractivity contribution in [1.29, 1.82) is 0 Å². The lowest BCUT2D eigenvalue weighted by molar-refractivity contribution is -0.134. The van der Waals surface area contributed by atoms with Crippen LogP contribution in [0.25, 0.3) is 0 Å². The first-order chi connectivity index (χ1) is 12.2. The Hall–Kier alpha value is -1.93. The zero-order valence-corrected chi connectivity index (χ0v) is 16.1. The zero-order valence-electron chi connectivity index (χ0n) is 15.3. The van der Waals surface area contributed by atoms with Gasteiger partial charge < -0.3 is 14.4 Å². The van der Waals surface area contributed by atoms with Crippen LogP contribution < -0.4 is 0 Å². The quantitative estimate of drug-likeness (QED) is 0.662. The fourth-order valence-electron chi connectivity index (χ4n) is 2.60. The predicted octanol–water partition coefficient (Wildman–Crippen LogP) is 1.41. The van der Waals surface area contributed by atoms with Gasteiger partial charge in [0.2, 0.25) is 0 Å². The number of sulfone groups is 1. The molecule has 26 heavy (non-hydrogen) atoms. The third kappa shape index (κ3) is 5.81. The summed E-state index contributed by atoms with van der Waals surface area (Å²) in [5.41, 5.74) is 1.28. The molecule has 1 saturated heterocycles. The summed E-state index contributed by atoms with van der Waals surface area (Å²) in [7, 11) is -1.54. The monoisotopic (exact) mass is 383 g/mol. The van der Waals surface area contributed by atoms with Gasteiger partial charge >= 0.3 is 5.97 Å². The van der Waals surface area contributed by atoms with Crippen LogP contribution in [-0.4, -0.2) is 62.5 Å². The van der Waals surface area contributed by atoms with Crippen LogP contribution in [0.2, 0.25) is 0 Å². The van der Waals surface area contributed by atoms with E-state index in [1.807, 2.05) is 13.8 Å². The first-order valence-electron chi connectivity index (χ1n) is 8.51. The highest BCUT2D eigenvalue weighted by molar-refractivity contribution is 7.91. The maximum absolute atomic E-state index is 12.1. The second-order valence-corrected chi connectivity index (χ2v) is 8.92. The largest absolute Gasteiger partial charge is 0.452 e. The van der Waals surface area contributed by atoms with Gasteiger partial charge in [-0.1, -0.05) is 12.1 Å². The van der Waals surface area contributed by atoms with Crippen molar-refractivity contribution >= 4 is 21.7 Å². The van der Waals surface area contributed by atoms with Crippen molar-refractivity contribution in [3.63, 3.8) is 0 Å². The van der Waals surface area contributed by atoms with E-state index in [0.29, 0.717) is 18.6 Å². The normalized spacial score (nSPS) is 18.7. The molecule has 1 aromatic carbocycles. The lowest BCUT2D eigenvalue weighted by atomic mass is 10.1. The lowest BCUT2D eigenvalue weighted by Gasteiger charge is -2.23. The molecule has 0 spiro atoms. The van der Waals surface area contributed by atoms with E-state index in [4.69, 9.17) is 9.47 Å². The summed E-state index contributed by atoms with van der Waals surface area (Å²) < 4.78 is 33.5. The number of hydrogen-bond donors (Lipinski definition) is 0. The molecule has 1 amide bonds. The van der Waals surface area contributed by atoms with Crippen LogP contribution in [0.4, 0.5) is 0 Å². The number of carbonyl (C=O) groups excluding carboxylic acids is 2. The predicted molar refractivity (Wildman–Crippen MR) is 96.5 cm³/mol. The number of ether oxygens (including phenoxy) is 2. The fourth-order valence-corrected chi connectivity index (χ4v) is 4.37. The molecule has 0 saturated carbocycles. The van der Waals surface area contributed by atoms with Gasteiger partial charge in [-0.2, -0.15) is 0 Å². The summed E-state index contributed by atoms with van der Waals surface area (Å²) in [6.07, 6.45) is 0.538. The molecule has 1 atom stereocenters. The minimum Gasteiger partial charge on any atom is -0.452 e. The summed E-state index contributed by atoms with van der Waals surface area (Å²) in [4.78, 5) is 25.5. The van der Waals surface area contributed by atoms with Crippen LogP contribution in [-0.2, 0) is 30.7 Å². The maximum Gasteiger partial charge on any atom is 0.338 e. The van der Waals surface area contributed by atoms with Crippen LogP contribution in [0.3, 0.4) is 0 Å². The van der Waals surface area contributed by atoms with E-state index in [2.05, 4.69) is 0 Å². The molecule has 0 unspecified atom stereocenters. The molecular formula is C18H25NO6S. The van der Waals surface area contributed by atoms with E-state index in [1.54, 1.807) is 24.3 Å². The Labute approximate surface area is 154 Å². The van der Waals surface area contributed by atoms with Crippen molar-refractivity contribution in [3.05, 3.63) is 35.4 Å². The molecule has 7 nitrogen and oxygen atoms in total. The molecule has 0 aromatic heterocycles. The number of esters is 1. The number of rotatable bonds is 7.